The first kappa shape index (κ1) is 14.4. The Bertz CT molecular complexity index is 532. The van der Waals surface area contributed by atoms with E-state index in [2.05, 4.69) is 10.2 Å². The molecule has 3 rings (SSSR count). The molecule has 2 aliphatic rings. The first-order valence-corrected chi connectivity index (χ1v) is 7.57. The third kappa shape index (κ3) is 3.04. The summed E-state index contributed by atoms with van der Waals surface area (Å²) < 4.78 is 5.83. The van der Waals surface area contributed by atoms with Crippen molar-refractivity contribution in [1.29, 1.82) is 0 Å². The Morgan fingerprint density at radius 3 is 3.24 bits per heavy atom. The summed E-state index contributed by atoms with van der Waals surface area (Å²) in [5.41, 5.74) is 1.13. The molecule has 2 atom stereocenters. The van der Waals surface area contributed by atoms with Crippen LogP contribution in [0.25, 0.3) is 0 Å². The number of fused-ring (bicyclic) bond motifs is 1. The van der Waals surface area contributed by atoms with Crippen molar-refractivity contribution in [2.75, 3.05) is 26.2 Å². The van der Waals surface area contributed by atoms with E-state index in [1.807, 2.05) is 0 Å². The molecule has 114 valence electrons. The van der Waals surface area contributed by atoms with Crippen LogP contribution < -0.4 is 5.32 Å². The average molecular weight is 290 g/mol. The number of phenols is 1. The minimum absolute atomic E-state index is 0.0564. The SMILES string of the molecule is Cc1c(O)cccc1C(=O)NCC1CN2CCCC2CO1. The van der Waals surface area contributed by atoms with Crippen molar-refractivity contribution in [3.63, 3.8) is 0 Å². The standard InChI is InChI=1S/C16H22N2O3/c1-11-14(5-2-6-15(11)19)16(20)17-8-13-9-18-7-3-4-12(18)10-21-13/h2,5-6,12-13,19H,3-4,7-10H2,1H3,(H,17,20). The Balaban J connectivity index is 1.55. The number of aromatic hydroxyl groups is 1. The molecule has 2 aliphatic heterocycles. The number of phenolic OH excluding ortho intramolecular Hbond substituents is 1. The number of nitrogens with zero attached hydrogens (tertiary/aromatic N) is 1. The lowest BCUT2D eigenvalue weighted by atomic mass is 10.1. The molecule has 5 heteroatoms. The van der Waals surface area contributed by atoms with Gasteiger partial charge in [-0.3, -0.25) is 9.69 Å². The molecule has 2 saturated heterocycles. The Morgan fingerprint density at radius 2 is 2.38 bits per heavy atom. The average Bonchev–Trinajstić information content (AvgIpc) is 2.95. The number of morpholine rings is 1. The summed E-state index contributed by atoms with van der Waals surface area (Å²) in [6.07, 6.45) is 2.53. The third-order valence-electron chi connectivity index (χ3n) is 4.50. The van der Waals surface area contributed by atoms with E-state index in [-0.39, 0.29) is 17.8 Å². The van der Waals surface area contributed by atoms with E-state index >= 15 is 0 Å². The van der Waals surface area contributed by atoms with E-state index in [0.717, 1.165) is 19.7 Å². The number of amides is 1. The van der Waals surface area contributed by atoms with Gasteiger partial charge in [0.25, 0.3) is 5.91 Å². The highest BCUT2D eigenvalue weighted by atomic mass is 16.5. The second-order valence-corrected chi connectivity index (χ2v) is 5.91. The zero-order valence-electron chi connectivity index (χ0n) is 12.3. The van der Waals surface area contributed by atoms with Gasteiger partial charge in [-0.25, -0.2) is 0 Å². The molecule has 0 aliphatic carbocycles. The van der Waals surface area contributed by atoms with Crippen molar-refractivity contribution in [3.8, 4) is 5.75 Å². The molecule has 2 heterocycles. The molecule has 2 unspecified atom stereocenters. The van der Waals surface area contributed by atoms with Crippen molar-refractivity contribution in [3.05, 3.63) is 29.3 Å². The predicted octanol–water partition coefficient (Wildman–Crippen LogP) is 1.29. The van der Waals surface area contributed by atoms with Gasteiger partial charge in [-0.2, -0.15) is 0 Å². The zero-order chi connectivity index (χ0) is 14.8. The molecule has 0 aromatic heterocycles. The van der Waals surface area contributed by atoms with Gasteiger partial charge in [0.2, 0.25) is 0 Å². The van der Waals surface area contributed by atoms with Gasteiger partial charge in [-0.05, 0) is 38.4 Å². The van der Waals surface area contributed by atoms with E-state index in [0.29, 0.717) is 23.7 Å². The van der Waals surface area contributed by atoms with Gasteiger partial charge < -0.3 is 15.2 Å². The minimum atomic E-state index is -0.157. The molecular formula is C16H22N2O3. The summed E-state index contributed by atoms with van der Waals surface area (Å²) in [5.74, 6) is -0.00739. The van der Waals surface area contributed by atoms with Crippen molar-refractivity contribution in [1.82, 2.24) is 10.2 Å². The molecule has 0 bridgehead atoms. The van der Waals surface area contributed by atoms with E-state index in [9.17, 15) is 9.90 Å². The summed E-state index contributed by atoms with van der Waals surface area (Å²) in [6.45, 7) is 5.06. The quantitative estimate of drug-likeness (QED) is 0.880. The Kier molecular flexibility index (Phi) is 4.12. The third-order valence-corrected chi connectivity index (χ3v) is 4.50. The summed E-state index contributed by atoms with van der Waals surface area (Å²) >= 11 is 0. The van der Waals surface area contributed by atoms with Crippen LogP contribution in [0.3, 0.4) is 0 Å². The van der Waals surface area contributed by atoms with Crippen molar-refractivity contribution >= 4 is 5.91 Å². The van der Waals surface area contributed by atoms with Gasteiger partial charge in [0.1, 0.15) is 5.75 Å². The Hall–Kier alpha value is -1.59. The molecule has 5 nitrogen and oxygen atoms in total. The number of nitrogens with one attached hydrogen (secondary N) is 1. The first-order valence-electron chi connectivity index (χ1n) is 7.57. The lowest BCUT2D eigenvalue weighted by molar-refractivity contribution is -0.0461. The van der Waals surface area contributed by atoms with E-state index in [1.165, 1.54) is 12.8 Å². The fraction of sp³-hybridized carbons (Fsp3) is 0.562. The minimum Gasteiger partial charge on any atom is -0.508 e. The van der Waals surface area contributed by atoms with E-state index in [1.54, 1.807) is 25.1 Å². The number of hydrogen-bond acceptors (Lipinski definition) is 4. The number of benzene rings is 1. The molecule has 0 saturated carbocycles. The van der Waals surface area contributed by atoms with Gasteiger partial charge in [0.05, 0.1) is 12.7 Å². The predicted molar refractivity (Wildman–Crippen MR) is 79.5 cm³/mol. The monoisotopic (exact) mass is 290 g/mol. The normalized spacial score (nSPS) is 25.6. The Labute approximate surface area is 124 Å². The maximum atomic E-state index is 12.2. The number of ether oxygens (including phenoxy) is 1. The number of rotatable bonds is 3. The van der Waals surface area contributed by atoms with Crippen LogP contribution in [0.5, 0.6) is 5.75 Å². The molecule has 0 radical (unpaired) electrons. The number of carbonyl (C=O) groups excluding carboxylic acids is 1. The van der Waals surface area contributed by atoms with Crippen LogP contribution in [0.1, 0.15) is 28.8 Å². The Morgan fingerprint density at radius 1 is 1.52 bits per heavy atom. The van der Waals surface area contributed by atoms with Crippen LogP contribution in [0.15, 0.2) is 18.2 Å². The first-order chi connectivity index (χ1) is 10.1. The lowest BCUT2D eigenvalue weighted by Crippen LogP contribution is -2.50. The van der Waals surface area contributed by atoms with Crippen LogP contribution in [-0.2, 0) is 4.74 Å². The van der Waals surface area contributed by atoms with Crippen molar-refractivity contribution in [2.45, 2.75) is 31.9 Å². The van der Waals surface area contributed by atoms with Crippen LogP contribution in [0.2, 0.25) is 0 Å². The fourth-order valence-electron chi connectivity index (χ4n) is 3.18. The second kappa shape index (κ2) is 6.03. The van der Waals surface area contributed by atoms with Gasteiger partial charge in [0.15, 0.2) is 0 Å². The van der Waals surface area contributed by atoms with Crippen LogP contribution in [0.4, 0.5) is 0 Å². The van der Waals surface area contributed by atoms with E-state index < -0.39 is 0 Å². The maximum absolute atomic E-state index is 12.2. The maximum Gasteiger partial charge on any atom is 0.251 e. The summed E-state index contributed by atoms with van der Waals surface area (Å²) in [4.78, 5) is 14.7. The molecule has 0 spiro atoms. The molecular weight excluding hydrogens is 268 g/mol. The molecule has 1 aromatic rings. The highest BCUT2D eigenvalue weighted by molar-refractivity contribution is 5.96. The smallest absolute Gasteiger partial charge is 0.251 e. The molecule has 2 fully saturated rings. The summed E-state index contributed by atoms with van der Waals surface area (Å²) in [7, 11) is 0. The largest absolute Gasteiger partial charge is 0.508 e. The molecule has 1 aromatic carbocycles. The molecule has 21 heavy (non-hydrogen) atoms. The number of carbonyl (C=O) groups is 1. The van der Waals surface area contributed by atoms with Crippen LogP contribution >= 0.6 is 0 Å². The molecule has 2 N–H and O–H groups in total. The highest BCUT2D eigenvalue weighted by Crippen LogP contribution is 2.22. The number of hydrogen-bond donors (Lipinski definition) is 2. The van der Waals surface area contributed by atoms with Gasteiger partial charge in [0, 0.05) is 30.3 Å². The summed E-state index contributed by atoms with van der Waals surface area (Å²) in [5, 5.41) is 12.6. The van der Waals surface area contributed by atoms with Gasteiger partial charge in [-0.15, -0.1) is 0 Å². The molecule has 1 amide bonds. The topological polar surface area (TPSA) is 61.8 Å². The van der Waals surface area contributed by atoms with E-state index in [4.69, 9.17) is 4.74 Å². The lowest BCUT2D eigenvalue weighted by Gasteiger charge is -2.35. The van der Waals surface area contributed by atoms with Crippen LogP contribution in [0, 0.1) is 6.92 Å². The van der Waals surface area contributed by atoms with Gasteiger partial charge >= 0.3 is 0 Å². The fourth-order valence-corrected chi connectivity index (χ4v) is 3.18. The summed E-state index contributed by atoms with van der Waals surface area (Å²) in [6, 6.07) is 5.57. The van der Waals surface area contributed by atoms with Gasteiger partial charge in [-0.1, -0.05) is 6.07 Å². The second-order valence-electron chi connectivity index (χ2n) is 5.91. The van der Waals surface area contributed by atoms with Crippen molar-refractivity contribution in [2.24, 2.45) is 0 Å². The van der Waals surface area contributed by atoms with Crippen molar-refractivity contribution < 1.29 is 14.6 Å². The zero-order valence-corrected chi connectivity index (χ0v) is 12.3. The highest BCUT2D eigenvalue weighted by Gasteiger charge is 2.32. The van der Waals surface area contributed by atoms with Crippen LogP contribution in [-0.4, -0.2) is 54.3 Å².